The summed E-state index contributed by atoms with van der Waals surface area (Å²) < 4.78 is 0. The zero-order chi connectivity index (χ0) is 14.6. The largest absolute Gasteiger partial charge is 0.393 e. The van der Waals surface area contributed by atoms with Crippen LogP contribution < -0.4 is 11.1 Å². The van der Waals surface area contributed by atoms with Crippen molar-refractivity contribution in [2.24, 2.45) is 11.1 Å². The molecule has 20 heavy (non-hydrogen) atoms. The maximum Gasteiger partial charge on any atom is 0.238 e. The molecule has 0 unspecified atom stereocenters. The van der Waals surface area contributed by atoms with Crippen LogP contribution in [0.5, 0.6) is 0 Å². The van der Waals surface area contributed by atoms with Gasteiger partial charge in [0.05, 0.1) is 11.5 Å². The number of hydrogen-bond donors (Lipinski definition) is 2. The first-order chi connectivity index (χ1) is 9.49. The average molecular weight is 291 g/mol. The van der Waals surface area contributed by atoms with Crippen molar-refractivity contribution in [3.63, 3.8) is 0 Å². The Labute approximate surface area is 125 Å². The lowest BCUT2D eigenvalue weighted by molar-refractivity contribution is -0.117. The first-order valence-corrected chi connectivity index (χ1v) is 7.28. The number of piperidine rings is 1. The van der Waals surface area contributed by atoms with E-state index in [0.29, 0.717) is 11.5 Å². The van der Waals surface area contributed by atoms with E-state index in [1.165, 1.54) is 0 Å². The lowest BCUT2D eigenvalue weighted by Crippen LogP contribution is -2.46. The Hall–Kier alpha value is -1.46. The Morgan fingerprint density at radius 3 is 2.50 bits per heavy atom. The predicted octanol–water partition coefficient (Wildman–Crippen LogP) is 2.01. The van der Waals surface area contributed by atoms with Crippen LogP contribution in [0, 0.1) is 5.41 Å². The minimum Gasteiger partial charge on any atom is -0.393 e. The van der Waals surface area contributed by atoms with Gasteiger partial charge >= 0.3 is 0 Å². The molecule has 1 fully saturated rings. The number of likely N-dealkylation sites (tertiary alicyclic amines) is 1. The zero-order valence-corrected chi connectivity index (χ0v) is 12.6. The van der Waals surface area contributed by atoms with Crippen molar-refractivity contribution in [3.05, 3.63) is 30.3 Å². The van der Waals surface area contributed by atoms with Crippen LogP contribution in [-0.4, -0.2) is 35.4 Å². The SMILES string of the molecule is CC1(C(N)=S)CCN(CC(=O)Nc2ccccc2)CC1. The van der Waals surface area contributed by atoms with Gasteiger partial charge in [-0.2, -0.15) is 0 Å². The number of anilines is 1. The van der Waals surface area contributed by atoms with Gasteiger partial charge in [-0.05, 0) is 38.1 Å². The second-order valence-corrected chi connectivity index (χ2v) is 6.06. The number of rotatable bonds is 4. The van der Waals surface area contributed by atoms with E-state index >= 15 is 0 Å². The molecule has 0 aromatic heterocycles. The Morgan fingerprint density at radius 1 is 1.35 bits per heavy atom. The van der Waals surface area contributed by atoms with Crippen molar-refractivity contribution >= 4 is 28.8 Å². The summed E-state index contributed by atoms with van der Waals surface area (Å²) in [6.45, 7) is 4.24. The molecule has 1 saturated heterocycles. The van der Waals surface area contributed by atoms with E-state index in [9.17, 15) is 4.79 Å². The third-order valence-corrected chi connectivity index (χ3v) is 4.47. The minimum atomic E-state index is -0.0538. The smallest absolute Gasteiger partial charge is 0.238 e. The van der Waals surface area contributed by atoms with Gasteiger partial charge < -0.3 is 11.1 Å². The summed E-state index contributed by atoms with van der Waals surface area (Å²) in [6.07, 6.45) is 1.84. The molecule has 0 radical (unpaired) electrons. The number of carbonyl (C=O) groups excluding carboxylic acids is 1. The summed E-state index contributed by atoms with van der Waals surface area (Å²) in [4.78, 5) is 14.7. The second-order valence-electron chi connectivity index (χ2n) is 5.62. The monoisotopic (exact) mass is 291 g/mol. The summed E-state index contributed by atoms with van der Waals surface area (Å²) in [5.41, 5.74) is 6.57. The van der Waals surface area contributed by atoms with Crippen LogP contribution in [0.4, 0.5) is 5.69 Å². The molecule has 1 aliphatic heterocycles. The fourth-order valence-electron chi connectivity index (χ4n) is 2.38. The molecule has 0 aliphatic carbocycles. The maximum atomic E-state index is 12.0. The molecule has 1 heterocycles. The summed E-state index contributed by atoms with van der Waals surface area (Å²) in [5, 5.41) is 2.90. The van der Waals surface area contributed by atoms with E-state index in [1.54, 1.807) is 0 Å². The highest BCUT2D eigenvalue weighted by atomic mass is 32.1. The maximum absolute atomic E-state index is 12.0. The number of amides is 1. The van der Waals surface area contributed by atoms with Crippen molar-refractivity contribution in [2.75, 3.05) is 25.0 Å². The standard InChI is InChI=1S/C15H21N3OS/c1-15(14(16)20)7-9-18(10-8-15)11-13(19)17-12-5-3-2-4-6-12/h2-6H,7-11H2,1H3,(H2,16,20)(H,17,19). The van der Waals surface area contributed by atoms with Crippen molar-refractivity contribution in [1.82, 2.24) is 4.90 Å². The van der Waals surface area contributed by atoms with Gasteiger partial charge in [0.2, 0.25) is 5.91 Å². The van der Waals surface area contributed by atoms with Gasteiger partial charge in [-0.3, -0.25) is 9.69 Å². The van der Waals surface area contributed by atoms with Gasteiger partial charge in [-0.15, -0.1) is 0 Å². The number of thiocarbonyl (C=S) groups is 1. The average Bonchev–Trinajstić information content (AvgIpc) is 2.42. The quantitative estimate of drug-likeness (QED) is 0.833. The number of carbonyl (C=O) groups is 1. The van der Waals surface area contributed by atoms with E-state index in [-0.39, 0.29) is 11.3 Å². The van der Waals surface area contributed by atoms with Gasteiger partial charge in [0.15, 0.2) is 0 Å². The number of para-hydroxylation sites is 1. The van der Waals surface area contributed by atoms with Gasteiger partial charge in [0, 0.05) is 11.1 Å². The molecule has 2 rings (SSSR count). The van der Waals surface area contributed by atoms with E-state index in [1.807, 2.05) is 30.3 Å². The van der Waals surface area contributed by atoms with Gasteiger partial charge in [-0.25, -0.2) is 0 Å². The highest BCUT2D eigenvalue weighted by Gasteiger charge is 2.32. The van der Waals surface area contributed by atoms with Crippen LogP contribution in [0.1, 0.15) is 19.8 Å². The molecular weight excluding hydrogens is 270 g/mol. The summed E-state index contributed by atoms with van der Waals surface area (Å²) in [7, 11) is 0. The lowest BCUT2D eigenvalue weighted by atomic mass is 9.80. The topological polar surface area (TPSA) is 58.4 Å². The third kappa shape index (κ3) is 3.77. The summed E-state index contributed by atoms with van der Waals surface area (Å²) in [5.74, 6) is 0.0233. The zero-order valence-electron chi connectivity index (χ0n) is 11.8. The molecule has 1 aromatic carbocycles. The molecule has 4 nitrogen and oxygen atoms in total. The van der Waals surface area contributed by atoms with Crippen LogP contribution in [0.15, 0.2) is 30.3 Å². The minimum absolute atomic E-state index is 0.0233. The fraction of sp³-hybridized carbons (Fsp3) is 0.467. The van der Waals surface area contributed by atoms with Crippen LogP contribution in [-0.2, 0) is 4.79 Å². The molecule has 1 aromatic rings. The molecule has 0 saturated carbocycles. The number of nitrogens with one attached hydrogen (secondary N) is 1. The normalized spacial score (nSPS) is 18.4. The number of hydrogen-bond acceptors (Lipinski definition) is 3. The molecule has 108 valence electrons. The van der Waals surface area contributed by atoms with Crippen molar-refractivity contribution in [3.8, 4) is 0 Å². The molecule has 0 spiro atoms. The van der Waals surface area contributed by atoms with Crippen molar-refractivity contribution < 1.29 is 4.79 Å². The Bertz CT molecular complexity index is 481. The third-order valence-electron chi connectivity index (χ3n) is 3.98. The van der Waals surface area contributed by atoms with Crippen LogP contribution in [0.2, 0.25) is 0 Å². The highest BCUT2D eigenvalue weighted by molar-refractivity contribution is 7.80. The molecular formula is C15H21N3OS. The van der Waals surface area contributed by atoms with Crippen LogP contribution in [0.25, 0.3) is 0 Å². The lowest BCUT2D eigenvalue weighted by Gasteiger charge is -2.38. The number of benzene rings is 1. The van der Waals surface area contributed by atoms with Crippen molar-refractivity contribution in [1.29, 1.82) is 0 Å². The molecule has 1 amide bonds. The summed E-state index contributed by atoms with van der Waals surface area (Å²) in [6, 6.07) is 9.52. The van der Waals surface area contributed by atoms with Gasteiger partial charge in [-0.1, -0.05) is 37.3 Å². The highest BCUT2D eigenvalue weighted by Crippen LogP contribution is 2.30. The fourth-order valence-corrected chi connectivity index (χ4v) is 2.58. The van der Waals surface area contributed by atoms with Gasteiger partial charge in [0.25, 0.3) is 0 Å². The van der Waals surface area contributed by atoms with E-state index in [4.69, 9.17) is 18.0 Å². The van der Waals surface area contributed by atoms with E-state index in [0.717, 1.165) is 31.6 Å². The van der Waals surface area contributed by atoms with Crippen LogP contribution in [0.3, 0.4) is 0 Å². The number of nitrogens with zero attached hydrogens (tertiary/aromatic N) is 1. The number of nitrogens with two attached hydrogens (primary N) is 1. The molecule has 0 atom stereocenters. The first kappa shape index (κ1) is 14.9. The summed E-state index contributed by atoms with van der Waals surface area (Å²) >= 11 is 5.12. The second kappa shape index (κ2) is 6.33. The molecule has 1 aliphatic rings. The van der Waals surface area contributed by atoms with E-state index in [2.05, 4.69) is 17.1 Å². The van der Waals surface area contributed by atoms with Crippen molar-refractivity contribution in [2.45, 2.75) is 19.8 Å². The molecule has 0 bridgehead atoms. The van der Waals surface area contributed by atoms with Gasteiger partial charge in [0.1, 0.15) is 0 Å². The predicted molar refractivity (Wildman–Crippen MR) is 85.6 cm³/mol. The first-order valence-electron chi connectivity index (χ1n) is 6.87. The molecule has 5 heteroatoms. The Morgan fingerprint density at radius 2 is 1.95 bits per heavy atom. The molecule has 3 N–H and O–H groups in total. The van der Waals surface area contributed by atoms with Crippen LogP contribution >= 0.6 is 12.2 Å². The Balaban J connectivity index is 1.81. The Kier molecular flexibility index (Phi) is 4.73. The van der Waals surface area contributed by atoms with E-state index < -0.39 is 0 Å².